The zero-order chi connectivity index (χ0) is 16.0. The highest BCUT2D eigenvalue weighted by Gasteiger charge is 2.39. The van der Waals surface area contributed by atoms with Crippen molar-refractivity contribution in [3.63, 3.8) is 0 Å². The Bertz CT molecular complexity index is 456. The number of nitrogens with one attached hydrogen (secondary N) is 1. The second-order valence-electron chi connectivity index (χ2n) is 5.36. The molecule has 2 unspecified atom stereocenters. The van der Waals surface area contributed by atoms with Crippen LogP contribution < -0.4 is 5.32 Å². The van der Waals surface area contributed by atoms with E-state index in [9.17, 15) is 14.4 Å². The van der Waals surface area contributed by atoms with Crippen molar-refractivity contribution >= 4 is 17.6 Å². The molecule has 1 rings (SSSR count). The molecule has 0 aliphatic carbocycles. The number of nitriles is 1. The summed E-state index contributed by atoms with van der Waals surface area (Å²) in [6.07, 6.45) is 0.0513. The summed E-state index contributed by atoms with van der Waals surface area (Å²) < 4.78 is 4.90. The van der Waals surface area contributed by atoms with Gasteiger partial charge in [0.15, 0.2) is 11.7 Å². The number of hydrogen-bond donors (Lipinski definition) is 1. The van der Waals surface area contributed by atoms with Crippen LogP contribution >= 0.6 is 0 Å². The number of carbonyl (C=O) groups is 3. The third-order valence-corrected chi connectivity index (χ3v) is 3.29. The fourth-order valence-corrected chi connectivity index (χ4v) is 2.24. The van der Waals surface area contributed by atoms with Crippen molar-refractivity contribution in [2.45, 2.75) is 26.3 Å². The zero-order valence-corrected chi connectivity index (χ0v) is 12.6. The van der Waals surface area contributed by atoms with E-state index in [-0.39, 0.29) is 24.9 Å². The summed E-state index contributed by atoms with van der Waals surface area (Å²) in [5, 5.41) is 11.6. The molecule has 1 aliphatic heterocycles. The SMILES string of the molecule is COCCN1CC(C(=O)C(C#N)C(=O)NC(C)C)CC1=O. The Morgan fingerprint density at radius 3 is 2.71 bits per heavy atom. The summed E-state index contributed by atoms with van der Waals surface area (Å²) in [6.45, 7) is 4.55. The fourth-order valence-electron chi connectivity index (χ4n) is 2.24. The molecule has 0 radical (unpaired) electrons. The molecule has 0 aromatic carbocycles. The van der Waals surface area contributed by atoms with Crippen molar-refractivity contribution in [1.29, 1.82) is 5.26 Å². The summed E-state index contributed by atoms with van der Waals surface area (Å²) in [4.78, 5) is 37.4. The van der Waals surface area contributed by atoms with Gasteiger partial charge in [0.2, 0.25) is 11.8 Å². The van der Waals surface area contributed by atoms with Gasteiger partial charge in [-0.15, -0.1) is 0 Å². The number of ether oxygens (including phenoxy) is 1. The number of carbonyl (C=O) groups excluding carboxylic acids is 3. The maximum Gasteiger partial charge on any atom is 0.245 e. The number of Topliss-reactive ketones (excluding diaryl/α,β-unsaturated/α-hetero) is 1. The van der Waals surface area contributed by atoms with Crippen molar-refractivity contribution in [3.05, 3.63) is 0 Å². The van der Waals surface area contributed by atoms with Gasteiger partial charge in [-0.05, 0) is 13.8 Å². The van der Waals surface area contributed by atoms with Crippen LogP contribution in [-0.4, -0.2) is 55.3 Å². The third kappa shape index (κ3) is 4.53. The molecule has 0 aromatic rings. The Morgan fingerprint density at radius 1 is 1.52 bits per heavy atom. The summed E-state index contributed by atoms with van der Waals surface area (Å²) in [7, 11) is 1.53. The van der Waals surface area contributed by atoms with Crippen molar-refractivity contribution in [3.8, 4) is 6.07 Å². The molecule has 2 atom stereocenters. The van der Waals surface area contributed by atoms with Crippen LogP contribution in [0.4, 0.5) is 0 Å². The molecule has 7 nitrogen and oxygen atoms in total. The van der Waals surface area contributed by atoms with Gasteiger partial charge in [0.25, 0.3) is 0 Å². The van der Waals surface area contributed by atoms with E-state index in [1.807, 2.05) is 0 Å². The van der Waals surface area contributed by atoms with Gasteiger partial charge in [-0.1, -0.05) is 0 Å². The van der Waals surface area contributed by atoms with Crippen LogP contribution in [0.25, 0.3) is 0 Å². The van der Waals surface area contributed by atoms with Crippen LogP contribution in [0.5, 0.6) is 0 Å². The van der Waals surface area contributed by atoms with Crippen molar-refractivity contribution in [1.82, 2.24) is 10.2 Å². The zero-order valence-electron chi connectivity index (χ0n) is 12.6. The molecule has 1 N–H and O–H groups in total. The number of rotatable bonds is 7. The lowest BCUT2D eigenvalue weighted by molar-refractivity contribution is -0.134. The summed E-state index contributed by atoms with van der Waals surface area (Å²) in [6, 6.07) is 1.59. The summed E-state index contributed by atoms with van der Waals surface area (Å²) in [5.41, 5.74) is 0. The van der Waals surface area contributed by atoms with E-state index in [4.69, 9.17) is 10.00 Å². The minimum atomic E-state index is -1.35. The Morgan fingerprint density at radius 2 is 2.19 bits per heavy atom. The molecule has 2 amide bonds. The molecule has 1 saturated heterocycles. The van der Waals surface area contributed by atoms with Crippen molar-refractivity contribution < 1.29 is 19.1 Å². The van der Waals surface area contributed by atoms with Gasteiger partial charge in [0, 0.05) is 38.6 Å². The normalized spacial score (nSPS) is 19.5. The van der Waals surface area contributed by atoms with Gasteiger partial charge in [-0.3, -0.25) is 14.4 Å². The number of ketones is 1. The first-order valence-corrected chi connectivity index (χ1v) is 6.91. The van der Waals surface area contributed by atoms with E-state index in [2.05, 4.69) is 5.32 Å². The van der Waals surface area contributed by atoms with Crippen LogP contribution in [0, 0.1) is 23.2 Å². The minimum absolute atomic E-state index is 0.0513. The highest BCUT2D eigenvalue weighted by molar-refractivity contribution is 6.06. The second-order valence-corrected chi connectivity index (χ2v) is 5.36. The summed E-state index contributed by atoms with van der Waals surface area (Å²) in [5.74, 6) is -3.18. The Balaban J connectivity index is 2.68. The quantitative estimate of drug-likeness (QED) is 0.651. The number of likely N-dealkylation sites (tertiary alicyclic amines) is 1. The maximum absolute atomic E-state index is 12.3. The standard InChI is InChI=1S/C14H21N3O4/c1-9(2)16-14(20)11(7-15)13(19)10-6-12(18)17(8-10)4-5-21-3/h9-11H,4-6,8H2,1-3H3,(H,16,20). The molecule has 0 spiro atoms. The molecule has 7 heteroatoms. The van der Waals surface area contributed by atoms with E-state index in [1.165, 1.54) is 12.0 Å². The molecule has 21 heavy (non-hydrogen) atoms. The highest BCUT2D eigenvalue weighted by Crippen LogP contribution is 2.21. The van der Waals surface area contributed by atoms with Gasteiger partial charge >= 0.3 is 0 Å². The Kier molecular flexibility index (Phi) is 6.31. The lowest BCUT2D eigenvalue weighted by atomic mass is 9.92. The maximum atomic E-state index is 12.3. The predicted molar refractivity (Wildman–Crippen MR) is 74.0 cm³/mol. The molecule has 0 bridgehead atoms. The van der Waals surface area contributed by atoms with Gasteiger partial charge in [0.1, 0.15) is 0 Å². The van der Waals surface area contributed by atoms with Crippen molar-refractivity contribution in [2.24, 2.45) is 11.8 Å². The van der Waals surface area contributed by atoms with Crippen LogP contribution in [0.2, 0.25) is 0 Å². The molecule has 0 aromatic heterocycles. The van der Waals surface area contributed by atoms with Gasteiger partial charge < -0.3 is 15.0 Å². The monoisotopic (exact) mass is 295 g/mol. The molecule has 0 saturated carbocycles. The number of nitrogens with zero attached hydrogens (tertiary/aromatic N) is 2. The number of hydrogen-bond acceptors (Lipinski definition) is 5. The predicted octanol–water partition coefficient (Wildman–Crippen LogP) is -0.285. The Labute approximate surface area is 124 Å². The van der Waals surface area contributed by atoms with Crippen LogP contribution in [0.1, 0.15) is 20.3 Å². The molecule has 116 valence electrons. The Hall–Kier alpha value is -1.94. The molecular weight excluding hydrogens is 274 g/mol. The fraction of sp³-hybridized carbons (Fsp3) is 0.714. The molecule has 1 heterocycles. The molecular formula is C14H21N3O4. The van der Waals surface area contributed by atoms with Gasteiger partial charge in [-0.25, -0.2) is 0 Å². The van der Waals surface area contributed by atoms with Crippen LogP contribution in [0.3, 0.4) is 0 Å². The van der Waals surface area contributed by atoms with E-state index in [1.54, 1.807) is 19.9 Å². The summed E-state index contributed by atoms with van der Waals surface area (Å²) >= 11 is 0. The first-order chi connectivity index (χ1) is 9.90. The average molecular weight is 295 g/mol. The van der Waals surface area contributed by atoms with E-state index in [0.29, 0.717) is 13.2 Å². The largest absolute Gasteiger partial charge is 0.383 e. The van der Waals surface area contributed by atoms with Crippen LogP contribution in [0.15, 0.2) is 0 Å². The number of methoxy groups -OCH3 is 1. The van der Waals surface area contributed by atoms with Gasteiger partial charge in [-0.2, -0.15) is 5.26 Å². The highest BCUT2D eigenvalue weighted by atomic mass is 16.5. The van der Waals surface area contributed by atoms with Crippen LogP contribution in [-0.2, 0) is 19.1 Å². The molecule has 1 fully saturated rings. The lowest BCUT2D eigenvalue weighted by Gasteiger charge is -2.17. The average Bonchev–Trinajstić information content (AvgIpc) is 2.77. The van der Waals surface area contributed by atoms with E-state index >= 15 is 0 Å². The molecule has 1 aliphatic rings. The van der Waals surface area contributed by atoms with Crippen molar-refractivity contribution in [2.75, 3.05) is 26.8 Å². The topological polar surface area (TPSA) is 99.5 Å². The smallest absolute Gasteiger partial charge is 0.245 e. The van der Waals surface area contributed by atoms with E-state index in [0.717, 1.165) is 0 Å². The number of amides is 2. The van der Waals surface area contributed by atoms with Gasteiger partial charge in [0.05, 0.1) is 12.7 Å². The second kappa shape index (κ2) is 7.74. The minimum Gasteiger partial charge on any atom is -0.383 e. The lowest BCUT2D eigenvalue weighted by Crippen LogP contribution is -2.41. The third-order valence-electron chi connectivity index (χ3n) is 3.29. The first kappa shape index (κ1) is 17.1. The first-order valence-electron chi connectivity index (χ1n) is 6.91. The van der Waals surface area contributed by atoms with E-state index < -0.39 is 23.5 Å².